The van der Waals surface area contributed by atoms with Crippen LogP contribution in [0.4, 0.5) is 5.82 Å². The summed E-state index contributed by atoms with van der Waals surface area (Å²) < 4.78 is 1.64. The van der Waals surface area contributed by atoms with Crippen LogP contribution in [0.2, 0.25) is 0 Å². The standard InChI is InChI=1S/C19H27N5O/c1-13-5-6-16(11-14(13)2)24-18(20)17(12-21-24)19(25)23(4)15-7-9-22(3)10-8-15/h5-6,11-12,15H,7-10,20H2,1-4H3. The van der Waals surface area contributed by atoms with Gasteiger partial charge < -0.3 is 15.5 Å². The van der Waals surface area contributed by atoms with Crippen LogP contribution >= 0.6 is 0 Å². The first-order valence-corrected chi connectivity index (χ1v) is 8.75. The van der Waals surface area contributed by atoms with Gasteiger partial charge in [0.05, 0.1) is 11.9 Å². The number of carbonyl (C=O) groups is 1. The summed E-state index contributed by atoms with van der Waals surface area (Å²) >= 11 is 0. The van der Waals surface area contributed by atoms with Gasteiger partial charge in [-0.2, -0.15) is 5.10 Å². The van der Waals surface area contributed by atoms with E-state index in [1.165, 1.54) is 11.1 Å². The molecule has 1 aliphatic rings. The fourth-order valence-corrected chi connectivity index (χ4v) is 3.32. The number of benzene rings is 1. The van der Waals surface area contributed by atoms with Gasteiger partial charge in [0.25, 0.3) is 5.91 Å². The van der Waals surface area contributed by atoms with Crippen molar-refractivity contribution in [2.75, 3.05) is 32.9 Å². The van der Waals surface area contributed by atoms with Crippen molar-refractivity contribution in [1.29, 1.82) is 0 Å². The lowest BCUT2D eigenvalue weighted by atomic mass is 10.0. The second kappa shape index (κ2) is 6.88. The molecule has 1 aromatic heterocycles. The fraction of sp³-hybridized carbons (Fsp3) is 0.474. The van der Waals surface area contributed by atoms with E-state index in [0.29, 0.717) is 11.4 Å². The Morgan fingerprint density at radius 2 is 1.92 bits per heavy atom. The third-order valence-electron chi connectivity index (χ3n) is 5.33. The molecule has 1 fully saturated rings. The minimum absolute atomic E-state index is 0.0536. The fourth-order valence-electron chi connectivity index (χ4n) is 3.32. The lowest BCUT2D eigenvalue weighted by Gasteiger charge is -2.35. The summed E-state index contributed by atoms with van der Waals surface area (Å²) in [5, 5.41) is 4.35. The van der Waals surface area contributed by atoms with Gasteiger partial charge in [0.1, 0.15) is 11.4 Å². The van der Waals surface area contributed by atoms with Crippen LogP contribution in [0.5, 0.6) is 0 Å². The van der Waals surface area contributed by atoms with Crippen LogP contribution in [0.1, 0.15) is 34.3 Å². The number of carbonyl (C=O) groups excluding carboxylic acids is 1. The highest BCUT2D eigenvalue weighted by Gasteiger charge is 2.27. The Hall–Kier alpha value is -2.34. The molecule has 0 saturated carbocycles. The summed E-state index contributed by atoms with van der Waals surface area (Å²) in [6.45, 7) is 6.15. The number of likely N-dealkylation sites (tertiary alicyclic amines) is 1. The molecule has 0 bridgehead atoms. The van der Waals surface area contributed by atoms with E-state index in [1.54, 1.807) is 10.9 Å². The van der Waals surface area contributed by atoms with Gasteiger partial charge in [-0.15, -0.1) is 0 Å². The maximum Gasteiger partial charge on any atom is 0.259 e. The summed E-state index contributed by atoms with van der Waals surface area (Å²) in [4.78, 5) is 17.0. The first-order valence-electron chi connectivity index (χ1n) is 8.75. The molecule has 0 unspecified atom stereocenters. The Morgan fingerprint density at radius 3 is 2.56 bits per heavy atom. The molecule has 6 nitrogen and oxygen atoms in total. The highest BCUT2D eigenvalue weighted by molar-refractivity contribution is 5.98. The average Bonchev–Trinajstić information content (AvgIpc) is 2.98. The molecular formula is C19H27N5O. The molecule has 0 atom stereocenters. The second-order valence-corrected chi connectivity index (χ2v) is 7.07. The van der Waals surface area contributed by atoms with E-state index >= 15 is 0 Å². The topological polar surface area (TPSA) is 67.4 Å². The molecule has 2 N–H and O–H groups in total. The molecule has 1 saturated heterocycles. The van der Waals surface area contributed by atoms with Crippen molar-refractivity contribution in [3.05, 3.63) is 41.1 Å². The van der Waals surface area contributed by atoms with Gasteiger partial charge in [0.2, 0.25) is 0 Å². The minimum atomic E-state index is -0.0536. The second-order valence-electron chi connectivity index (χ2n) is 7.07. The number of nitrogens with two attached hydrogens (primary N) is 1. The van der Waals surface area contributed by atoms with Gasteiger partial charge >= 0.3 is 0 Å². The van der Waals surface area contributed by atoms with E-state index in [4.69, 9.17) is 5.73 Å². The van der Waals surface area contributed by atoms with E-state index in [0.717, 1.165) is 31.6 Å². The van der Waals surface area contributed by atoms with Crippen LogP contribution in [-0.4, -0.2) is 58.7 Å². The molecule has 0 spiro atoms. The van der Waals surface area contributed by atoms with E-state index in [9.17, 15) is 4.79 Å². The SMILES string of the molecule is Cc1ccc(-n2ncc(C(=O)N(C)C3CCN(C)CC3)c2N)cc1C. The molecular weight excluding hydrogens is 314 g/mol. The Bertz CT molecular complexity index is 774. The molecule has 3 rings (SSSR count). The Labute approximate surface area is 149 Å². The maximum atomic E-state index is 12.9. The van der Waals surface area contributed by atoms with E-state index in [1.807, 2.05) is 30.1 Å². The third-order valence-corrected chi connectivity index (χ3v) is 5.33. The quantitative estimate of drug-likeness (QED) is 0.930. The summed E-state index contributed by atoms with van der Waals surface area (Å²) in [5.74, 6) is 0.343. The summed E-state index contributed by atoms with van der Waals surface area (Å²) in [5.41, 5.74) is 9.99. The highest BCUT2D eigenvalue weighted by Crippen LogP contribution is 2.23. The molecule has 1 amide bonds. The zero-order valence-corrected chi connectivity index (χ0v) is 15.5. The van der Waals surface area contributed by atoms with Crippen molar-refractivity contribution >= 4 is 11.7 Å². The van der Waals surface area contributed by atoms with Gasteiger partial charge in [0.15, 0.2) is 0 Å². The van der Waals surface area contributed by atoms with Gasteiger partial charge in [-0.3, -0.25) is 4.79 Å². The van der Waals surface area contributed by atoms with Crippen LogP contribution in [-0.2, 0) is 0 Å². The number of nitrogen functional groups attached to an aromatic ring is 1. The average molecular weight is 341 g/mol. The first-order chi connectivity index (χ1) is 11.9. The lowest BCUT2D eigenvalue weighted by Crippen LogP contribution is -2.44. The van der Waals surface area contributed by atoms with Crippen molar-refractivity contribution in [2.24, 2.45) is 0 Å². The summed E-state index contributed by atoms with van der Waals surface area (Å²) in [6, 6.07) is 6.31. The molecule has 6 heteroatoms. The van der Waals surface area contributed by atoms with Crippen LogP contribution in [0.25, 0.3) is 5.69 Å². The highest BCUT2D eigenvalue weighted by atomic mass is 16.2. The zero-order valence-electron chi connectivity index (χ0n) is 15.5. The van der Waals surface area contributed by atoms with Gasteiger partial charge in [-0.05, 0) is 70.1 Å². The molecule has 0 radical (unpaired) electrons. The van der Waals surface area contributed by atoms with Crippen LogP contribution in [0.3, 0.4) is 0 Å². The number of amides is 1. The summed E-state index contributed by atoms with van der Waals surface area (Å²) in [6.07, 6.45) is 3.56. The van der Waals surface area contributed by atoms with Crippen molar-refractivity contribution < 1.29 is 4.79 Å². The molecule has 2 heterocycles. The van der Waals surface area contributed by atoms with Crippen molar-refractivity contribution in [1.82, 2.24) is 19.6 Å². The monoisotopic (exact) mass is 341 g/mol. The number of aryl methyl sites for hydroxylation is 2. The third kappa shape index (κ3) is 3.39. The van der Waals surface area contributed by atoms with Crippen LogP contribution in [0, 0.1) is 13.8 Å². The number of nitrogens with zero attached hydrogens (tertiary/aromatic N) is 4. The van der Waals surface area contributed by atoms with Crippen LogP contribution < -0.4 is 5.73 Å². The van der Waals surface area contributed by atoms with E-state index in [-0.39, 0.29) is 11.9 Å². The molecule has 1 aliphatic heterocycles. The molecule has 2 aromatic rings. The smallest absolute Gasteiger partial charge is 0.259 e. The van der Waals surface area contributed by atoms with E-state index in [2.05, 4.69) is 30.9 Å². The number of hydrogen-bond donors (Lipinski definition) is 1. The molecule has 1 aromatic carbocycles. The summed E-state index contributed by atoms with van der Waals surface area (Å²) in [7, 11) is 3.98. The van der Waals surface area contributed by atoms with Crippen molar-refractivity contribution in [2.45, 2.75) is 32.7 Å². The first kappa shape index (κ1) is 17.5. The Balaban J connectivity index is 1.82. The maximum absolute atomic E-state index is 12.9. The molecule has 0 aliphatic carbocycles. The number of hydrogen-bond acceptors (Lipinski definition) is 4. The largest absolute Gasteiger partial charge is 0.383 e. The normalized spacial score (nSPS) is 16.2. The van der Waals surface area contributed by atoms with Crippen molar-refractivity contribution in [3.8, 4) is 5.69 Å². The predicted molar refractivity (Wildman–Crippen MR) is 100 cm³/mol. The van der Waals surface area contributed by atoms with Crippen molar-refractivity contribution in [3.63, 3.8) is 0 Å². The van der Waals surface area contributed by atoms with Gasteiger partial charge in [-0.1, -0.05) is 6.07 Å². The minimum Gasteiger partial charge on any atom is -0.383 e. The van der Waals surface area contributed by atoms with Gasteiger partial charge in [-0.25, -0.2) is 4.68 Å². The number of piperidine rings is 1. The lowest BCUT2D eigenvalue weighted by molar-refractivity contribution is 0.0660. The van der Waals surface area contributed by atoms with Crippen LogP contribution in [0.15, 0.2) is 24.4 Å². The van der Waals surface area contributed by atoms with E-state index < -0.39 is 0 Å². The predicted octanol–water partition coefficient (Wildman–Crippen LogP) is 2.24. The molecule has 134 valence electrons. The molecule has 25 heavy (non-hydrogen) atoms. The van der Waals surface area contributed by atoms with Gasteiger partial charge in [0, 0.05) is 13.1 Å². The Morgan fingerprint density at radius 1 is 1.24 bits per heavy atom. The number of aromatic nitrogens is 2. The zero-order chi connectivity index (χ0) is 18.1. The number of rotatable bonds is 3. The number of anilines is 1. The Kier molecular flexibility index (Phi) is 4.81.